The number of carbonyl (C=O) groups is 2. The molecule has 2 aliphatic rings. The summed E-state index contributed by atoms with van der Waals surface area (Å²) in [7, 11) is 1.55. The number of rotatable bonds is 4. The molecule has 0 radical (unpaired) electrons. The standard InChI is InChI=1S/C23H24F3N3O3/c1-32-20-7-3-6-19(14-20)29-15-16(12-21(29)30)22(31)28-10-8-27(9-11-28)18-5-2-4-17(13-18)23(24,25)26/h2-7,13-14,16H,8-12,15H2,1H3. The van der Waals surface area contributed by atoms with Crippen molar-refractivity contribution in [3.63, 3.8) is 0 Å². The van der Waals surface area contributed by atoms with E-state index in [1.54, 1.807) is 47.2 Å². The van der Waals surface area contributed by atoms with Crippen molar-refractivity contribution >= 4 is 23.2 Å². The number of alkyl halides is 3. The summed E-state index contributed by atoms with van der Waals surface area (Å²) in [5.41, 5.74) is 0.502. The molecule has 0 spiro atoms. The molecule has 6 nitrogen and oxygen atoms in total. The van der Waals surface area contributed by atoms with E-state index >= 15 is 0 Å². The summed E-state index contributed by atoms with van der Waals surface area (Å²) in [6.07, 6.45) is -4.25. The van der Waals surface area contributed by atoms with Crippen LogP contribution in [-0.2, 0) is 15.8 Å². The number of ether oxygens (including phenoxy) is 1. The topological polar surface area (TPSA) is 53.1 Å². The van der Waals surface area contributed by atoms with Gasteiger partial charge in [0, 0.05) is 56.6 Å². The predicted molar refractivity (Wildman–Crippen MR) is 114 cm³/mol. The van der Waals surface area contributed by atoms with Crippen molar-refractivity contribution in [2.45, 2.75) is 12.6 Å². The molecule has 1 unspecified atom stereocenters. The number of benzene rings is 2. The van der Waals surface area contributed by atoms with E-state index in [0.717, 1.165) is 12.1 Å². The second kappa shape index (κ2) is 8.72. The van der Waals surface area contributed by atoms with E-state index in [1.165, 1.54) is 6.07 Å². The zero-order valence-electron chi connectivity index (χ0n) is 17.6. The van der Waals surface area contributed by atoms with E-state index in [-0.39, 0.29) is 18.2 Å². The Bertz CT molecular complexity index is 1000. The highest BCUT2D eigenvalue weighted by Gasteiger charge is 2.38. The van der Waals surface area contributed by atoms with E-state index in [1.807, 2.05) is 4.90 Å². The highest BCUT2D eigenvalue weighted by atomic mass is 19.4. The van der Waals surface area contributed by atoms with Gasteiger partial charge in [-0.25, -0.2) is 0 Å². The van der Waals surface area contributed by atoms with E-state index in [9.17, 15) is 22.8 Å². The number of hydrogen-bond donors (Lipinski definition) is 0. The van der Waals surface area contributed by atoms with Crippen LogP contribution in [0.5, 0.6) is 5.75 Å². The molecule has 4 rings (SSSR count). The van der Waals surface area contributed by atoms with Crippen LogP contribution in [0, 0.1) is 5.92 Å². The van der Waals surface area contributed by atoms with Gasteiger partial charge in [-0.05, 0) is 30.3 Å². The zero-order chi connectivity index (χ0) is 22.9. The zero-order valence-corrected chi connectivity index (χ0v) is 17.6. The van der Waals surface area contributed by atoms with Gasteiger partial charge in [-0.15, -0.1) is 0 Å². The van der Waals surface area contributed by atoms with Gasteiger partial charge in [0.2, 0.25) is 11.8 Å². The van der Waals surface area contributed by atoms with Crippen LogP contribution < -0.4 is 14.5 Å². The van der Waals surface area contributed by atoms with E-state index in [0.29, 0.717) is 49.8 Å². The van der Waals surface area contributed by atoms with Crippen LogP contribution in [0.25, 0.3) is 0 Å². The van der Waals surface area contributed by atoms with Gasteiger partial charge in [0.15, 0.2) is 0 Å². The number of hydrogen-bond acceptors (Lipinski definition) is 4. The van der Waals surface area contributed by atoms with Gasteiger partial charge in [0.05, 0.1) is 18.6 Å². The minimum Gasteiger partial charge on any atom is -0.497 e. The Hall–Kier alpha value is -3.23. The first kappa shape index (κ1) is 22.0. The second-order valence-corrected chi connectivity index (χ2v) is 7.97. The highest BCUT2D eigenvalue weighted by Crippen LogP contribution is 2.32. The largest absolute Gasteiger partial charge is 0.497 e. The summed E-state index contributed by atoms with van der Waals surface area (Å²) in [6, 6.07) is 12.4. The third-order valence-electron chi connectivity index (χ3n) is 5.97. The summed E-state index contributed by atoms with van der Waals surface area (Å²) >= 11 is 0. The second-order valence-electron chi connectivity index (χ2n) is 7.97. The van der Waals surface area contributed by atoms with Crippen LogP contribution in [0.2, 0.25) is 0 Å². The number of halogens is 3. The maximum absolute atomic E-state index is 13.0. The molecule has 0 aromatic heterocycles. The third kappa shape index (κ3) is 4.51. The normalized spacial score (nSPS) is 19.4. The molecule has 2 heterocycles. The molecule has 2 aromatic carbocycles. The van der Waals surface area contributed by atoms with Crippen molar-refractivity contribution in [2.75, 3.05) is 49.6 Å². The molecule has 2 saturated heterocycles. The van der Waals surface area contributed by atoms with Crippen LogP contribution in [0.15, 0.2) is 48.5 Å². The lowest BCUT2D eigenvalue weighted by molar-refractivity contribution is -0.137. The van der Waals surface area contributed by atoms with Gasteiger partial charge in [0.1, 0.15) is 5.75 Å². The molecule has 0 bridgehead atoms. The summed E-state index contributed by atoms with van der Waals surface area (Å²) in [6.45, 7) is 1.98. The average molecular weight is 447 g/mol. The monoisotopic (exact) mass is 447 g/mol. The Balaban J connectivity index is 1.37. The minimum atomic E-state index is -4.39. The molecule has 2 aromatic rings. The molecule has 32 heavy (non-hydrogen) atoms. The summed E-state index contributed by atoms with van der Waals surface area (Å²) in [4.78, 5) is 30.7. The van der Waals surface area contributed by atoms with Crippen molar-refractivity contribution in [1.29, 1.82) is 0 Å². The number of carbonyl (C=O) groups excluding carboxylic acids is 2. The maximum Gasteiger partial charge on any atom is 0.416 e. The highest BCUT2D eigenvalue weighted by molar-refractivity contribution is 6.00. The first-order valence-electron chi connectivity index (χ1n) is 10.4. The van der Waals surface area contributed by atoms with Crippen LogP contribution in [0.1, 0.15) is 12.0 Å². The van der Waals surface area contributed by atoms with Crippen molar-refractivity contribution in [3.05, 3.63) is 54.1 Å². The molecular weight excluding hydrogens is 423 g/mol. The maximum atomic E-state index is 13.0. The molecule has 170 valence electrons. The Labute approximate surface area is 184 Å². The van der Waals surface area contributed by atoms with Gasteiger partial charge in [-0.3, -0.25) is 9.59 Å². The van der Waals surface area contributed by atoms with Gasteiger partial charge in [-0.1, -0.05) is 12.1 Å². The van der Waals surface area contributed by atoms with Crippen LogP contribution in [-0.4, -0.2) is 56.5 Å². The van der Waals surface area contributed by atoms with Gasteiger partial charge in [0.25, 0.3) is 0 Å². The lowest BCUT2D eigenvalue weighted by Gasteiger charge is -2.37. The van der Waals surface area contributed by atoms with Crippen molar-refractivity contribution < 1.29 is 27.5 Å². The SMILES string of the molecule is COc1cccc(N2CC(C(=O)N3CCN(c4cccc(C(F)(F)F)c4)CC3)CC2=O)c1. The Morgan fingerprint density at radius 2 is 1.69 bits per heavy atom. The third-order valence-corrected chi connectivity index (χ3v) is 5.97. The van der Waals surface area contributed by atoms with Crippen molar-refractivity contribution in [1.82, 2.24) is 4.90 Å². The molecule has 0 aliphatic carbocycles. The number of nitrogens with zero attached hydrogens (tertiary/aromatic N) is 3. The van der Waals surface area contributed by atoms with Crippen LogP contribution >= 0.6 is 0 Å². The average Bonchev–Trinajstić information content (AvgIpc) is 3.20. The van der Waals surface area contributed by atoms with Gasteiger partial charge in [-0.2, -0.15) is 13.2 Å². The van der Waals surface area contributed by atoms with Gasteiger partial charge < -0.3 is 19.4 Å². The first-order valence-corrected chi connectivity index (χ1v) is 10.4. The fraction of sp³-hybridized carbons (Fsp3) is 0.391. The number of piperazine rings is 1. The van der Waals surface area contributed by atoms with E-state index < -0.39 is 17.7 Å². The fourth-order valence-electron chi connectivity index (χ4n) is 4.22. The van der Waals surface area contributed by atoms with Gasteiger partial charge >= 0.3 is 6.18 Å². The first-order chi connectivity index (χ1) is 15.3. The van der Waals surface area contributed by atoms with Crippen LogP contribution in [0.3, 0.4) is 0 Å². The summed E-state index contributed by atoms with van der Waals surface area (Å²) in [5.74, 6) is -0.00348. The quantitative estimate of drug-likeness (QED) is 0.721. The summed E-state index contributed by atoms with van der Waals surface area (Å²) < 4.78 is 44.2. The Morgan fingerprint density at radius 1 is 1.00 bits per heavy atom. The smallest absolute Gasteiger partial charge is 0.416 e. The number of amides is 2. The van der Waals surface area contributed by atoms with Crippen LogP contribution in [0.4, 0.5) is 24.5 Å². The van der Waals surface area contributed by atoms with E-state index in [2.05, 4.69) is 0 Å². The fourth-order valence-corrected chi connectivity index (χ4v) is 4.22. The molecule has 9 heteroatoms. The molecule has 2 aliphatic heterocycles. The van der Waals surface area contributed by atoms with Crippen molar-refractivity contribution in [3.8, 4) is 5.75 Å². The molecule has 2 fully saturated rings. The molecule has 0 saturated carbocycles. The Kier molecular flexibility index (Phi) is 5.99. The Morgan fingerprint density at radius 3 is 2.38 bits per heavy atom. The molecule has 0 N–H and O–H groups in total. The molecule has 2 amide bonds. The molecular formula is C23H24F3N3O3. The lowest BCUT2D eigenvalue weighted by Crippen LogP contribution is -2.50. The minimum absolute atomic E-state index is 0.0903. The molecule has 1 atom stereocenters. The number of methoxy groups -OCH3 is 1. The van der Waals surface area contributed by atoms with Crippen molar-refractivity contribution in [2.24, 2.45) is 5.92 Å². The predicted octanol–water partition coefficient (Wildman–Crippen LogP) is 3.42. The number of anilines is 2. The summed E-state index contributed by atoms with van der Waals surface area (Å²) in [5, 5.41) is 0. The lowest BCUT2D eigenvalue weighted by atomic mass is 10.1. The van der Waals surface area contributed by atoms with E-state index in [4.69, 9.17) is 4.74 Å².